The lowest BCUT2D eigenvalue weighted by Gasteiger charge is -2.21. The average molecular weight is 488 g/mol. The van der Waals surface area contributed by atoms with Gasteiger partial charge in [-0.15, -0.1) is 0 Å². The SMILES string of the molecule is COc1ccc(CCNC(=O)C(NC(=O)CC(C)O)Nc2ccc(OCCCC(=O)O)cc2)cc1. The highest BCUT2D eigenvalue weighted by atomic mass is 16.5. The number of benzene rings is 2. The van der Waals surface area contributed by atoms with Crippen molar-refractivity contribution in [1.29, 1.82) is 0 Å². The number of aliphatic hydroxyl groups excluding tert-OH is 1. The predicted molar refractivity (Wildman–Crippen MR) is 130 cm³/mol. The molecule has 0 aliphatic carbocycles. The van der Waals surface area contributed by atoms with Gasteiger partial charge in [0.1, 0.15) is 11.5 Å². The number of carbonyl (C=O) groups excluding carboxylic acids is 2. The Bertz CT molecular complexity index is 947. The van der Waals surface area contributed by atoms with Crippen LogP contribution < -0.4 is 25.4 Å². The minimum absolute atomic E-state index is 0.0288. The normalized spacial score (nSPS) is 12.2. The van der Waals surface area contributed by atoms with Gasteiger partial charge in [-0.05, 0) is 61.7 Å². The number of carboxylic acid groups (broad SMARTS) is 1. The molecule has 0 radical (unpaired) electrons. The number of aliphatic carboxylic acids is 1. The van der Waals surface area contributed by atoms with Gasteiger partial charge in [0.25, 0.3) is 5.91 Å². The van der Waals surface area contributed by atoms with Crippen LogP contribution in [0, 0.1) is 0 Å². The molecular formula is C25H33N3O7. The average Bonchev–Trinajstić information content (AvgIpc) is 2.82. The largest absolute Gasteiger partial charge is 0.497 e. The molecule has 2 unspecified atom stereocenters. The lowest BCUT2D eigenvalue weighted by molar-refractivity contribution is -0.137. The van der Waals surface area contributed by atoms with Crippen molar-refractivity contribution in [2.24, 2.45) is 0 Å². The van der Waals surface area contributed by atoms with Crippen molar-refractivity contribution in [3.8, 4) is 11.5 Å². The number of nitrogens with one attached hydrogen (secondary N) is 3. The van der Waals surface area contributed by atoms with E-state index in [1.165, 1.54) is 6.92 Å². The Morgan fingerprint density at radius 1 is 1.00 bits per heavy atom. The molecule has 0 saturated heterocycles. The van der Waals surface area contributed by atoms with Crippen LogP contribution in [0.15, 0.2) is 48.5 Å². The summed E-state index contributed by atoms with van der Waals surface area (Å²) in [6.45, 7) is 2.12. The summed E-state index contributed by atoms with van der Waals surface area (Å²) < 4.78 is 10.6. The molecule has 2 aromatic carbocycles. The molecule has 2 aromatic rings. The van der Waals surface area contributed by atoms with Crippen LogP contribution in [0.1, 0.15) is 31.7 Å². The molecule has 2 atom stereocenters. The van der Waals surface area contributed by atoms with Crippen molar-refractivity contribution in [2.75, 3.05) is 25.6 Å². The predicted octanol–water partition coefficient (Wildman–Crippen LogP) is 1.92. The summed E-state index contributed by atoms with van der Waals surface area (Å²) in [6.07, 6.45) is -1.02. The molecule has 0 aliphatic heterocycles. The van der Waals surface area contributed by atoms with Crippen LogP contribution in [0.4, 0.5) is 5.69 Å². The van der Waals surface area contributed by atoms with E-state index in [-0.39, 0.29) is 19.4 Å². The van der Waals surface area contributed by atoms with Gasteiger partial charge in [-0.1, -0.05) is 12.1 Å². The van der Waals surface area contributed by atoms with E-state index in [1.807, 2.05) is 24.3 Å². The topological polar surface area (TPSA) is 146 Å². The third kappa shape index (κ3) is 10.8. The van der Waals surface area contributed by atoms with Crippen molar-refractivity contribution in [2.45, 2.75) is 44.9 Å². The van der Waals surface area contributed by atoms with Gasteiger partial charge in [0.15, 0.2) is 6.17 Å². The van der Waals surface area contributed by atoms with Crippen LogP contribution >= 0.6 is 0 Å². The molecular weight excluding hydrogens is 454 g/mol. The van der Waals surface area contributed by atoms with E-state index in [2.05, 4.69) is 16.0 Å². The molecule has 0 fully saturated rings. The van der Waals surface area contributed by atoms with Gasteiger partial charge < -0.3 is 35.6 Å². The minimum Gasteiger partial charge on any atom is -0.497 e. The van der Waals surface area contributed by atoms with Gasteiger partial charge >= 0.3 is 5.97 Å². The van der Waals surface area contributed by atoms with Gasteiger partial charge in [-0.3, -0.25) is 14.4 Å². The molecule has 0 spiro atoms. The second-order valence-electron chi connectivity index (χ2n) is 7.96. The zero-order chi connectivity index (χ0) is 25.6. The third-order valence-electron chi connectivity index (χ3n) is 4.89. The fourth-order valence-electron chi connectivity index (χ4n) is 3.11. The van der Waals surface area contributed by atoms with Gasteiger partial charge in [-0.25, -0.2) is 0 Å². The molecule has 10 heteroatoms. The number of amides is 2. The zero-order valence-corrected chi connectivity index (χ0v) is 20.0. The van der Waals surface area contributed by atoms with Crippen molar-refractivity contribution >= 4 is 23.5 Å². The van der Waals surface area contributed by atoms with E-state index in [9.17, 15) is 19.5 Å². The molecule has 10 nitrogen and oxygen atoms in total. The Hall–Kier alpha value is -3.79. The number of carboxylic acids is 1. The second kappa shape index (κ2) is 14.5. The molecule has 35 heavy (non-hydrogen) atoms. The van der Waals surface area contributed by atoms with Crippen molar-refractivity contribution in [3.63, 3.8) is 0 Å². The van der Waals surface area contributed by atoms with Crippen molar-refractivity contribution in [1.82, 2.24) is 10.6 Å². The van der Waals surface area contributed by atoms with Crippen LogP contribution in [-0.4, -0.2) is 60.5 Å². The number of carbonyl (C=O) groups is 3. The Balaban J connectivity index is 1.94. The van der Waals surface area contributed by atoms with E-state index >= 15 is 0 Å². The maximum atomic E-state index is 12.8. The summed E-state index contributed by atoms with van der Waals surface area (Å²) in [5.74, 6) is -0.467. The summed E-state index contributed by atoms with van der Waals surface area (Å²) in [5, 5.41) is 26.5. The Morgan fingerprint density at radius 3 is 2.26 bits per heavy atom. The number of hydrogen-bond donors (Lipinski definition) is 5. The fraction of sp³-hybridized carbons (Fsp3) is 0.400. The van der Waals surface area contributed by atoms with E-state index in [0.717, 1.165) is 11.3 Å². The number of aliphatic hydroxyl groups is 1. The van der Waals surface area contributed by atoms with E-state index in [4.69, 9.17) is 14.6 Å². The standard InChI is InChI=1S/C25H33N3O7/c1-17(29)16-22(30)28-24(25(33)26-14-13-18-5-9-20(34-2)10-6-18)27-19-7-11-21(12-8-19)35-15-3-4-23(31)32/h5-12,17,24,27,29H,3-4,13-16H2,1-2H3,(H,26,33)(H,28,30)(H,31,32). The number of methoxy groups -OCH3 is 1. The minimum atomic E-state index is -1.06. The van der Waals surface area contributed by atoms with Gasteiger partial charge in [-0.2, -0.15) is 0 Å². The Morgan fingerprint density at radius 2 is 1.66 bits per heavy atom. The van der Waals surface area contributed by atoms with Gasteiger partial charge in [0.2, 0.25) is 5.91 Å². The molecule has 190 valence electrons. The highest BCUT2D eigenvalue weighted by Gasteiger charge is 2.21. The first-order valence-electron chi connectivity index (χ1n) is 11.4. The third-order valence-corrected chi connectivity index (χ3v) is 4.89. The molecule has 0 aromatic heterocycles. The first-order valence-corrected chi connectivity index (χ1v) is 11.4. The lowest BCUT2D eigenvalue weighted by atomic mass is 10.1. The number of hydrogen-bond acceptors (Lipinski definition) is 7. The summed E-state index contributed by atoms with van der Waals surface area (Å²) in [7, 11) is 1.59. The highest BCUT2D eigenvalue weighted by molar-refractivity contribution is 5.89. The van der Waals surface area contributed by atoms with Crippen LogP contribution in [0.5, 0.6) is 11.5 Å². The first kappa shape index (κ1) is 27.5. The van der Waals surface area contributed by atoms with Crippen LogP contribution in [0.2, 0.25) is 0 Å². The van der Waals surface area contributed by atoms with Crippen LogP contribution in [0.3, 0.4) is 0 Å². The van der Waals surface area contributed by atoms with Crippen LogP contribution in [0.25, 0.3) is 0 Å². The maximum absolute atomic E-state index is 12.8. The van der Waals surface area contributed by atoms with Crippen molar-refractivity contribution in [3.05, 3.63) is 54.1 Å². The molecule has 0 saturated carbocycles. The second-order valence-corrected chi connectivity index (χ2v) is 7.96. The Labute approximate surface area is 204 Å². The summed E-state index contributed by atoms with van der Waals surface area (Å²) in [4.78, 5) is 35.6. The summed E-state index contributed by atoms with van der Waals surface area (Å²) >= 11 is 0. The summed E-state index contributed by atoms with van der Waals surface area (Å²) in [5.41, 5.74) is 1.59. The molecule has 2 rings (SSSR count). The smallest absolute Gasteiger partial charge is 0.303 e. The van der Waals surface area contributed by atoms with E-state index < -0.39 is 30.1 Å². The number of ether oxygens (including phenoxy) is 2. The Kier molecular flexibility index (Phi) is 11.3. The van der Waals surface area contributed by atoms with Gasteiger partial charge in [0, 0.05) is 18.7 Å². The number of rotatable bonds is 15. The fourth-order valence-corrected chi connectivity index (χ4v) is 3.11. The molecule has 0 aliphatic rings. The highest BCUT2D eigenvalue weighted by Crippen LogP contribution is 2.17. The number of anilines is 1. The molecule has 2 amide bonds. The molecule has 0 bridgehead atoms. The van der Waals surface area contributed by atoms with Gasteiger partial charge in [0.05, 0.1) is 26.2 Å². The quantitative estimate of drug-likeness (QED) is 0.189. The van der Waals surface area contributed by atoms with Crippen molar-refractivity contribution < 1.29 is 34.1 Å². The van der Waals surface area contributed by atoms with E-state index in [1.54, 1.807) is 31.4 Å². The first-order chi connectivity index (χ1) is 16.8. The van der Waals surface area contributed by atoms with E-state index in [0.29, 0.717) is 30.8 Å². The lowest BCUT2D eigenvalue weighted by Crippen LogP contribution is -2.52. The maximum Gasteiger partial charge on any atom is 0.303 e. The summed E-state index contributed by atoms with van der Waals surface area (Å²) in [6, 6.07) is 14.2. The zero-order valence-electron chi connectivity index (χ0n) is 20.0. The molecule has 0 heterocycles. The molecule has 5 N–H and O–H groups in total. The monoisotopic (exact) mass is 487 g/mol. The van der Waals surface area contributed by atoms with Crippen LogP contribution in [-0.2, 0) is 20.8 Å².